The number of ether oxygens (including phenoxy) is 1. The lowest BCUT2D eigenvalue weighted by molar-refractivity contribution is 0.0730. The summed E-state index contributed by atoms with van der Waals surface area (Å²) in [6.45, 7) is 0. The highest BCUT2D eigenvalue weighted by Crippen LogP contribution is 2.18. The second kappa shape index (κ2) is 5.14. The van der Waals surface area contributed by atoms with Gasteiger partial charge in [0.1, 0.15) is 17.4 Å². The van der Waals surface area contributed by atoms with Crippen LogP contribution in [0, 0.1) is 11.6 Å². The zero-order valence-corrected chi connectivity index (χ0v) is 9.75. The molecule has 2 aromatic rings. The lowest BCUT2D eigenvalue weighted by atomic mass is 10.2. The molecule has 0 heterocycles. The maximum Gasteiger partial charge on any atom is 0.346 e. The first-order valence-electron chi connectivity index (χ1n) is 4.99. The Balaban J connectivity index is 2.19. The SMILES string of the molecule is O=C(Oc1ccc(Cl)cc1)c1ccc(F)cc1F. The average molecular weight is 269 g/mol. The first-order valence-corrected chi connectivity index (χ1v) is 5.37. The molecule has 2 rings (SSSR count). The number of esters is 1. The van der Waals surface area contributed by atoms with E-state index in [1.165, 1.54) is 24.3 Å². The normalized spacial score (nSPS) is 10.2. The molecule has 0 fully saturated rings. The highest BCUT2D eigenvalue weighted by atomic mass is 35.5. The van der Waals surface area contributed by atoms with Crippen LogP contribution < -0.4 is 4.74 Å². The van der Waals surface area contributed by atoms with E-state index in [9.17, 15) is 13.6 Å². The van der Waals surface area contributed by atoms with Crippen molar-refractivity contribution >= 4 is 17.6 Å². The Morgan fingerprint density at radius 2 is 1.72 bits per heavy atom. The van der Waals surface area contributed by atoms with Gasteiger partial charge in [-0.15, -0.1) is 0 Å². The molecule has 0 aliphatic carbocycles. The fraction of sp³-hybridized carbons (Fsp3) is 0. The van der Waals surface area contributed by atoms with Crippen LogP contribution in [0.3, 0.4) is 0 Å². The zero-order chi connectivity index (χ0) is 13.1. The third-order valence-corrected chi connectivity index (χ3v) is 2.43. The minimum absolute atomic E-state index is 0.230. The van der Waals surface area contributed by atoms with Crippen molar-refractivity contribution in [3.63, 3.8) is 0 Å². The van der Waals surface area contributed by atoms with Crippen molar-refractivity contribution in [1.82, 2.24) is 0 Å². The van der Waals surface area contributed by atoms with Gasteiger partial charge in [0.2, 0.25) is 0 Å². The van der Waals surface area contributed by atoms with Crippen molar-refractivity contribution in [2.45, 2.75) is 0 Å². The van der Waals surface area contributed by atoms with E-state index in [1.54, 1.807) is 0 Å². The van der Waals surface area contributed by atoms with Crippen molar-refractivity contribution in [2.75, 3.05) is 0 Å². The predicted octanol–water partition coefficient (Wildman–Crippen LogP) is 3.84. The number of halogens is 3. The quantitative estimate of drug-likeness (QED) is 0.611. The van der Waals surface area contributed by atoms with Gasteiger partial charge in [0.05, 0.1) is 5.56 Å². The largest absolute Gasteiger partial charge is 0.423 e. The fourth-order valence-electron chi connectivity index (χ4n) is 1.32. The molecule has 0 aromatic heterocycles. The van der Waals surface area contributed by atoms with E-state index in [-0.39, 0.29) is 11.3 Å². The van der Waals surface area contributed by atoms with Gasteiger partial charge < -0.3 is 4.74 Å². The minimum atomic E-state index is -0.964. The standard InChI is InChI=1S/C13H7ClF2O2/c14-8-1-4-10(5-2-8)18-13(17)11-6-3-9(15)7-12(11)16/h1-7H. The Morgan fingerprint density at radius 3 is 2.33 bits per heavy atom. The molecule has 0 radical (unpaired) electrons. The van der Waals surface area contributed by atoms with Crippen LogP contribution in [-0.4, -0.2) is 5.97 Å². The van der Waals surface area contributed by atoms with E-state index < -0.39 is 17.6 Å². The molecule has 2 aromatic carbocycles. The van der Waals surface area contributed by atoms with Crippen molar-refractivity contribution in [2.24, 2.45) is 0 Å². The highest BCUT2D eigenvalue weighted by Gasteiger charge is 2.14. The van der Waals surface area contributed by atoms with Crippen LogP contribution in [0.5, 0.6) is 5.75 Å². The first-order chi connectivity index (χ1) is 8.56. The Morgan fingerprint density at radius 1 is 1.06 bits per heavy atom. The number of rotatable bonds is 2. The number of hydrogen-bond acceptors (Lipinski definition) is 2. The molecule has 0 saturated carbocycles. The van der Waals surface area contributed by atoms with E-state index in [4.69, 9.17) is 16.3 Å². The molecule has 0 amide bonds. The molecule has 18 heavy (non-hydrogen) atoms. The van der Waals surface area contributed by atoms with Crippen molar-refractivity contribution < 1.29 is 18.3 Å². The summed E-state index contributed by atoms with van der Waals surface area (Å²) in [7, 11) is 0. The summed E-state index contributed by atoms with van der Waals surface area (Å²) in [5, 5.41) is 0.489. The monoisotopic (exact) mass is 268 g/mol. The molecule has 0 aliphatic heterocycles. The third-order valence-electron chi connectivity index (χ3n) is 2.18. The summed E-state index contributed by atoms with van der Waals surface area (Å²) in [5.74, 6) is -2.38. The van der Waals surface area contributed by atoms with Gasteiger partial charge >= 0.3 is 5.97 Å². The summed E-state index contributed by atoms with van der Waals surface area (Å²) < 4.78 is 30.9. The van der Waals surface area contributed by atoms with Crippen molar-refractivity contribution in [3.8, 4) is 5.75 Å². The molecule has 0 bridgehead atoms. The first kappa shape index (κ1) is 12.5. The summed E-state index contributed by atoms with van der Waals surface area (Å²) >= 11 is 5.67. The van der Waals surface area contributed by atoms with Crippen molar-refractivity contribution in [3.05, 3.63) is 64.7 Å². The Bertz CT molecular complexity index is 582. The Labute approximate surface area is 107 Å². The Hall–Kier alpha value is -1.94. The molecule has 92 valence electrons. The van der Waals surface area contributed by atoms with Gasteiger partial charge in [-0.25, -0.2) is 13.6 Å². The maximum atomic E-state index is 13.3. The molecular weight excluding hydrogens is 262 g/mol. The van der Waals surface area contributed by atoms with Gasteiger partial charge in [-0.2, -0.15) is 0 Å². The van der Waals surface area contributed by atoms with E-state index in [1.807, 2.05) is 0 Å². The second-order valence-corrected chi connectivity index (χ2v) is 3.90. The molecule has 0 aliphatic rings. The molecule has 2 nitrogen and oxygen atoms in total. The van der Waals surface area contributed by atoms with Gasteiger partial charge in [-0.05, 0) is 36.4 Å². The zero-order valence-electron chi connectivity index (χ0n) is 8.99. The van der Waals surface area contributed by atoms with Crippen molar-refractivity contribution in [1.29, 1.82) is 0 Å². The second-order valence-electron chi connectivity index (χ2n) is 3.47. The van der Waals surface area contributed by atoms with Crippen LogP contribution >= 0.6 is 11.6 Å². The highest BCUT2D eigenvalue weighted by molar-refractivity contribution is 6.30. The van der Waals surface area contributed by atoms with Crippen LogP contribution in [0.2, 0.25) is 5.02 Å². The number of benzene rings is 2. The number of carbonyl (C=O) groups is 1. The molecule has 0 atom stereocenters. The van der Waals surface area contributed by atoms with E-state index in [0.29, 0.717) is 11.1 Å². The Kier molecular flexibility index (Phi) is 3.58. The molecule has 0 N–H and O–H groups in total. The van der Waals surface area contributed by atoms with Crippen LogP contribution in [0.4, 0.5) is 8.78 Å². The number of carbonyl (C=O) groups excluding carboxylic acids is 1. The smallest absolute Gasteiger partial charge is 0.346 e. The summed E-state index contributed by atoms with van der Waals surface area (Å²) in [5.41, 5.74) is -0.327. The third kappa shape index (κ3) is 2.84. The van der Waals surface area contributed by atoms with Gasteiger partial charge in [-0.3, -0.25) is 0 Å². The van der Waals surface area contributed by atoms with Crippen LogP contribution in [0.1, 0.15) is 10.4 Å². The van der Waals surface area contributed by atoms with Crippen LogP contribution in [0.25, 0.3) is 0 Å². The van der Waals surface area contributed by atoms with Gasteiger partial charge in [0.15, 0.2) is 0 Å². The molecule has 0 saturated heterocycles. The summed E-state index contributed by atoms with van der Waals surface area (Å²) in [6, 6.07) is 8.66. The lowest BCUT2D eigenvalue weighted by Crippen LogP contribution is -2.10. The molecule has 5 heteroatoms. The predicted molar refractivity (Wildman–Crippen MR) is 62.8 cm³/mol. The average Bonchev–Trinajstić information content (AvgIpc) is 2.32. The molecular formula is C13H7ClF2O2. The number of hydrogen-bond donors (Lipinski definition) is 0. The van der Waals surface area contributed by atoms with Gasteiger partial charge in [0.25, 0.3) is 0 Å². The summed E-state index contributed by atoms with van der Waals surface area (Å²) in [4.78, 5) is 11.6. The minimum Gasteiger partial charge on any atom is -0.423 e. The van der Waals surface area contributed by atoms with Gasteiger partial charge in [0, 0.05) is 11.1 Å². The maximum absolute atomic E-state index is 13.3. The molecule has 0 unspecified atom stereocenters. The molecule has 0 spiro atoms. The topological polar surface area (TPSA) is 26.3 Å². The van der Waals surface area contributed by atoms with Crippen LogP contribution in [-0.2, 0) is 0 Å². The summed E-state index contributed by atoms with van der Waals surface area (Å²) in [6.07, 6.45) is 0. The lowest BCUT2D eigenvalue weighted by Gasteiger charge is -2.05. The van der Waals surface area contributed by atoms with E-state index in [0.717, 1.165) is 12.1 Å². The van der Waals surface area contributed by atoms with E-state index >= 15 is 0 Å². The fourth-order valence-corrected chi connectivity index (χ4v) is 1.45. The van der Waals surface area contributed by atoms with E-state index in [2.05, 4.69) is 0 Å². The van der Waals surface area contributed by atoms with Crippen LogP contribution in [0.15, 0.2) is 42.5 Å². The van der Waals surface area contributed by atoms with Gasteiger partial charge in [-0.1, -0.05) is 11.6 Å².